The summed E-state index contributed by atoms with van der Waals surface area (Å²) in [6.07, 6.45) is 9.31. The SMILES string of the molecule is O=C(NCc1ccc2nonc2c1)N(Cc1cccnc1)C1CCCCC1. The highest BCUT2D eigenvalue weighted by atomic mass is 16.6. The van der Waals surface area contributed by atoms with E-state index in [9.17, 15) is 4.79 Å². The van der Waals surface area contributed by atoms with Crippen LogP contribution in [0.25, 0.3) is 11.0 Å². The van der Waals surface area contributed by atoms with Crippen molar-refractivity contribution in [1.29, 1.82) is 0 Å². The van der Waals surface area contributed by atoms with Crippen molar-refractivity contribution in [3.8, 4) is 0 Å². The van der Waals surface area contributed by atoms with Crippen LogP contribution < -0.4 is 5.32 Å². The van der Waals surface area contributed by atoms with Crippen LogP contribution in [0.2, 0.25) is 0 Å². The van der Waals surface area contributed by atoms with Crippen molar-refractivity contribution in [2.24, 2.45) is 0 Å². The highest BCUT2D eigenvalue weighted by Crippen LogP contribution is 2.24. The number of fused-ring (bicyclic) bond motifs is 1. The quantitative estimate of drug-likeness (QED) is 0.746. The lowest BCUT2D eigenvalue weighted by molar-refractivity contribution is 0.150. The number of urea groups is 1. The summed E-state index contributed by atoms with van der Waals surface area (Å²) in [7, 11) is 0. The lowest BCUT2D eigenvalue weighted by Gasteiger charge is -2.34. The van der Waals surface area contributed by atoms with E-state index in [4.69, 9.17) is 4.63 Å². The number of hydrogen-bond acceptors (Lipinski definition) is 5. The van der Waals surface area contributed by atoms with E-state index >= 15 is 0 Å². The average Bonchev–Trinajstić information content (AvgIpc) is 3.19. The summed E-state index contributed by atoms with van der Waals surface area (Å²) < 4.78 is 4.73. The maximum atomic E-state index is 13.0. The molecule has 0 spiro atoms. The number of pyridine rings is 1. The first kappa shape index (κ1) is 17.5. The number of hydrogen-bond donors (Lipinski definition) is 1. The number of carbonyl (C=O) groups is 1. The normalized spacial score (nSPS) is 15.0. The Kier molecular flexibility index (Phi) is 5.27. The topological polar surface area (TPSA) is 84.2 Å². The molecule has 0 radical (unpaired) electrons. The molecule has 0 aliphatic heterocycles. The molecule has 1 saturated carbocycles. The van der Waals surface area contributed by atoms with Gasteiger partial charge in [0.15, 0.2) is 0 Å². The predicted octanol–water partition coefficient (Wildman–Crippen LogP) is 3.66. The van der Waals surface area contributed by atoms with Gasteiger partial charge in [-0.25, -0.2) is 9.42 Å². The van der Waals surface area contributed by atoms with Crippen molar-refractivity contribution in [2.75, 3.05) is 0 Å². The van der Waals surface area contributed by atoms with Gasteiger partial charge in [-0.05, 0) is 52.5 Å². The van der Waals surface area contributed by atoms with Crippen LogP contribution in [0.5, 0.6) is 0 Å². The molecule has 1 aliphatic carbocycles. The van der Waals surface area contributed by atoms with Crippen molar-refractivity contribution in [3.63, 3.8) is 0 Å². The first-order valence-corrected chi connectivity index (χ1v) is 9.44. The predicted molar refractivity (Wildman–Crippen MR) is 101 cm³/mol. The Labute approximate surface area is 157 Å². The third-order valence-corrected chi connectivity index (χ3v) is 5.11. The molecule has 0 bridgehead atoms. The second-order valence-corrected chi connectivity index (χ2v) is 7.03. The van der Waals surface area contributed by atoms with Gasteiger partial charge in [0, 0.05) is 31.5 Å². The van der Waals surface area contributed by atoms with E-state index in [0.29, 0.717) is 24.1 Å². The molecule has 2 amide bonds. The fourth-order valence-corrected chi connectivity index (χ4v) is 3.66. The second-order valence-electron chi connectivity index (χ2n) is 7.03. The van der Waals surface area contributed by atoms with E-state index in [0.717, 1.165) is 24.0 Å². The van der Waals surface area contributed by atoms with Gasteiger partial charge in [0.25, 0.3) is 0 Å². The third-order valence-electron chi connectivity index (χ3n) is 5.11. The van der Waals surface area contributed by atoms with E-state index in [1.165, 1.54) is 19.3 Å². The molecule has 27 heavy (non-hydrogen) atoms. The Hall–Kier alpha value is -2.96. The molecule has 7 nitrogen and oxygen atoms in total. The molecule has 0 atom stereocenters. The van der Waals surface area contributed by atoms with Crippen LogP contribution >= 0.6 is 0 Å². The fourth-order valence-electron chi connectivity index (χ4n) is 3.66. The molecule has 1 fully saturated rings. The molecule has 7 heteroatoms. The summed E-state index contributed by atoms with van der Waals surface area (Å²) in [6.45, 7) is 1.02. The Bertz CT molecular complexity index is 890. The maximum Gasteiger partial charge on any atom is 0.318 e. The monoisotopic (exact) mass is 365 g/mol. The summed E-state index contributed by atoms with van der Waals surface area (Å²) in [5, 5.41) is 10.7. The van der Waals surface area contributed by atoms with E-state index in [-0.39, 0.29) is 12.1 Å². The number of nitrogens with one attached hydrogen (secondary N) is 1. The molecule has 1 N–H and O–H groups in total. The molecule has 1 aliphatic rings. The molecule has 0 unspecified atom stereocenters. The van der Waals surface area contributed by atoms with Gasteiger partial charge in [0.2, 0.25) is 0 Å². The van der Waals surface area contributed by atoms with Crippen LogP contribution in [-0.4, -0.2) is 32.3 Å². The van der Waals surface area contributed by atoms with E-state index in [1.807, 2.05) is 41.4 Å². The smallest absolute Gasteiger partial charge is 0.318 e. The van der Waals surface area contributed by atoms with Crippen LogP contribution in [0.3, 0.4) is 0 Å². The Morgan fingerprint density at radius 3 is 2.78 bits per heavy atom. The number of benzene rings is 1. The van der Waals surface area contributed by atoms with Gasteiger partial charge in [-0.15, -0.1) is 0 Å². The largest absolute Gasteiger partial charge is 0.334 e. The van der Waals surface area contributed by atoms with E-state index < -0.39 is 0 Å². The molecule has 1 aromatic carbocycles. The van der Waals surface area contributed by atoms with Gasteiger partial charge in [-0.1, -0.05) is 31.4 Å². The number of amides is 2. The fraction of sp³-hybridized carbons (Fsp3) is 0.400. The van der Waals surface area contributed by atoms with Gasteiger partial charge in [-0.3, -0.25) is 4.98 Å². The lowest BCUT2D eigenvalue weighted by atomic mass is 9.94. The van der Waals surface area contributed by atoms with Crippen LogP contribution in [0, 0.1) is 0 Å². The zero-order valence-corrected chi connectivity index (χ0v) is 15.2. The van der Waals surface area contributed by atoms with Crippen LogP contribution in [0.1, 0.15) is 43.2 Å². The van der Waals surface area contributed by atoms with E-state index in [2.05, 4.69) is 20.6 Å². The minimum Gasteiger partial charge on any atom is -0.334 e. The standard InChI is InChI=1S/C20H23N5O2/c26-20(22-13-15-8-9-18-19(11-15)24-27-23-18)25(17-6-2-1-3-7-17)14-16-5-4-10-21-12-16/h4-5,8-12,17H,1-3,6-7,13-14H2,(H,22,26). The maximum absolute atomic E-state index is 13.0. The summed E-state index contributed by atoms with van der Waals surface area (Å²) in [4.78, 5) is 19.1. The first-order valence-electron chi connectivity index (χ1n) is 9.44. The van der Waals surface area contributed by atoms with Gasteiger partial charge < -0.3 is 10.2 Å². The van der Waals surface area contributed by atoms with Crippen molar-refractivity contribution >= 4 is 17.1 Å². The average molecular weight is 365 g/mol. The van der Waals surface area contributed by atoms with Crippen molar-refractivity contribution < 1.29 is 9.42 Å². The van der Waals surface area contributed by atoms with Gasteiger partial charge in [0.1, 0.15) is 11.0 Å². The molecular formula is C20H23N5O2. The first-order chi connectivity index (χ1) is 13.3. The second kappa shape index (κ2) is 8.16. The Balaban J connectivity index is 1.45. The minimum absolute atomic E-state index is 0.0378. The summed E-state index contributed by atoms with van der Waals surface area (Å²) >= 11 is 0. The van der Waals surface area contributed by atoms with Gasteiger partial charge >= 0.3 is 6.03 Å². The number of carbonyl (C=O) groups excluding carboxylic acids is 1. The molecule has 140 valence electrons. The molecule has 2 aromatic heterocycles. The number of rotatable bonds is 5. The Morgan fingerprint density at radius 1 is 1.11 bits per heavy atom. The van der Waals surface area contributed by atoms with Crippen molar-refractivity contribution in [2.45, 2.75) is 51.2 Å². The van der Waals surface area contributed by atoms with Crippen LogP contribution in [0.15, 0.2) is 47.4 Å². The molecule has 3 aromatic rings. The number of aromatic nitrogens is 3. The lowest BCUT2D eigenvalue weighted by Crippen LogP contribution is -2.46. The van der Waals surface area contributed by atoms with E-state index in [1.54, 1.807) is 6.20 Å². The summed E-state index contributed by atoms with van der Waals surface area (Å²) in [5.41, 5.74) is 3.43. The van der Waals surface area contributed by atoms with Crippen LogP contribution in [-0.2, 0) is 13.1 Å². The molecule has 4 rings (SSSR count). The third kappa shape index (κ3) is 4.24. The number of nitrogens with zero attached hydrogens (tertiary/aromatic N) is 4. The van der Waals surface area contributed by atoms with Crippen molar-refractivity contribution in [1.82, 2.24) is 25.5 Å². The van der Waals surface area contributed by atoms with Gasteiger partial charge in [0.05, 0.1) is 0 Å². The summed E-state index contributed by atoms with van der Waals surface area (Å²) in [5.74, 6) is 0. The zero-order valence-electron chi connectivity index (χ0n) is 15.2. The molecular weight excluding hydrogens is 342 g/mol. The Morgan fingerprint density at radius 2 is 1.96 bits per heavy atom. The van der Waals surface area contributed by atoms with Crippen LogP contribution in [0.4, 0.5) is 4.79 Å². The highest BCUT2D eigenvalue weighted by molar-refractivity contribution is 5.76. The molecule has 2 heterocycles. The summed E-state index contributed by atoms with van der Waals surface area (Å²) in [6, 6.07) is 9.83. The highest BCUT2D eigenvalue weighted by Gasteiger charge is 2.25. The molecule has 0 saturated heterocycles. The zero-order chi connectivity index (χ0) is 18.5. The van der Waals surface area contributed by atoms with Gasteiger partial charge in [-0.2, -0.15) is 0 Å². The van der Waals surface area contributed by atoms with Crippen molar-refractivity contribution in [3.05, 3.63) is 53.9 Å². The minimum atomic E-state index is -0.0378.